The molecule has 0 amide bonds. The monoisotopic (exact) mass is 165 g/mol. The van der Waals surface area contributed by atoms with Gasteiger partial charge in [-0.25, -0.2) is 0 Å². The van der Waals surface area contributed by atoms with E-state index in [1.54, 1.807) is 0 Å². The highest BCUT2D eigenvalue weighted by atomic mass is 35.5. The van der Waals surface area contributed by atoms with E-state index >= 15 is 0 Å². The van der Waals surface area contributed by atoms with Crippen LogP contribution in [0.3, 0.4) is 0 Å². The van der Waals surface area contributed by atoms with Gasteiger partial charge in [-0.15, -0.1) is 11.6 Å². The first-order valence-corrected chi connectivity index (χ1v) is 3.65. The van der Waals surface area contributed by atoms with Crippen molar-refractivity contribution in [2.45, 2.75) is 19.4 Å². The predicted molar refractivity (Wildman–Crippen MR) is 40.1 cm³/mol. The highest BCUT2D eigenvalue weighted by Gasteiger charge is 2.14. The van der Waals surface area contributed by atoms with Crippen molar-refractivity contribution in [3.8, 4) is 0 Å². The number of hydrogen-bond acceptors (Lipinski definition) is 2. The number of carboxylic acids is 1. The van der Waals surface area contributed by atoms with Crippen LogP contribution in [0.4, 0.5) is 0 Å². The molecule has 0 aromatic carbocycles. The van der Waals surface area contributed by atoms with Crippen LogP contribution in [0.25, 0.3) is 0 Å². The van der Waals surface area contributed by atoms with Crippen molar-refractivity contribution in [2.75, 3.05) is 5.88 Å². The van der Waals surface area contributed by atoms with Crippen molar-refractivity contribution in [2.24, 2.45) is 11.7 Å². The Morgan fingerprint density at radius 3 is 2.60 bits per heavy atom. The second-order valence-electron chi connectivity index (χ2n) is 2.44. The Balaban J connectivity index is 3.56. The Kier molecular flexibility index (Phi) is 4.40. The van der Waals surface area contributed by atoms with E-state index in [0.29, 0.717) is 12.3 Å². The maximum Gasteiger partial charge on any atom is 0.320 e. The van der Waals surface area contributed by atoms with Gasteiger partial charge in [-0.2, -0.15) is 0 Å². The summed E-state index contributed by atoms with van der Waals surface area (Å²) in [6.45, 7) is 1.87. The van der Waals surface area contributed by atoms with E-state index in [-0.39, 0.29) is 5.92 Å². The number of aliphatic carboxylic acids is 1. The highest BCUT2D eigenvalue weighted by Crippen LogP contribution is 2.05. The van der Waals surface area contributed by atoms with Gasteiger partial charge in [-0.1, -0.05) is 6.92 Å². The molecule has 3 nitrogen and oxygen atoms in total. The minimum atomic E-state index is -0.961. The third kappa shape index (κ3) is 3.69. The van der Waals surface area contributed by atoms with Crippen molar-refractivity contribution >= 4 is 17.6 Å². The zero-order chi connectivity index (χ0) is 8.15. The van der Waals surface area contributed by atoms with Crippen molar-refractivity contribution in [3.05, 3.63) is 0 Å². The number of carbonyl (C=O) groups is 1. The number of carboxylic acid groups (broad SMARTS) is 1. The molecule has 0 aliphatic carbocycles. The van der Waals surface area contributed by atoms with Crippen molar-refractivity contribution in [1.29, 1.82) is 0 Å². The summed E-state index contributed by atoms with van der Waals surface area (Å²) in [4.78, 5) is 10.2. The summed E-state index contributed by atoms with van der Waals surface area (Å²) in [5.74, 6) is -0.328. The largest absolute Gasteiger partial charge is 0.480 e. The topological polar surface area (TPSA) is 63.3 Å². The molecule has 0 saturated carbocycles. The Hall–Kier alpha value is -0.280. The van der Waals surface area contributed by atoms with E-state index in [2.05, 4.69) is 0 Å². The van der Waals surface area contributed by atoms with Crippen LogP contribution in [0.15, 0.2) is 0 Å². The lowest BCUT2D eigenvalue weighted by atomic mass is 10.1. The van der Waals surface area contributed by atoms with E-state index < -0.39 is 12.0 Å². The Bertz CT molecular complexity index is 118. The summed E-state index contributed by atoms with van der Waals surface area (Å²) < 4.78 is 0. The number of hydrogen-bond donors (Lipinski definition) is 2. The maximum atomic E-state index is 10.2. The van der Waals surface area contributed by atoms with Crippen LogP contribution in [0.2, 0.25) is 0 Å². The molecular formula is C6H12ClNO2. The van der Waals surface area contributed by atoms with Crippen molar-refractivity contribution < 1.29 is 9.90 Å². The molecule has 0 aliphatic rings. The molecule has 0 spiro atoms. The summed E-state index contributed by atoms with van der Waals surface area (Å²) in [7, 11) is 0. The van der Waals surface area contributed by atoms with Crippen LogP contribution in [0.1, 0.15) is 13.3 Å². The molecule has 2 atom stereocenters. The number of rotatable bonds is 4. The Morgan fingerprint density at radius 1 is 1.80 bits per heavy atom. The first-order chi connectivity index (χ1) is 4.57. The van der Waals surface area contributed by atoms with E-state index in [1.807, 2.05) is 6.92 Å². The third-order valence-electron chi connectivity index (χ3n) is 1.24. The molecule has 0 saturated heterocycles. The van der Waals surface area contributed by atoms with E-state index in [0.717, 1.165) is 0 Å². The van der Waals surface area contributed by atoms with Gasteiger partial charge in [0.05, 0.1) is 0 Å². The first kappa shape index (κ1) is 9.72. The third-order valence-corrected chi connectivity index (χ3v) is 1.76. The van der Waals surface area contributed by atoms with Crippen LogP contribution in [0, 0.1) is 5.92 Å². The van der Waals surface area contributed by atoms with E-state index in [9.17, 15) is 4.79 Å². The lowest BCUT2D eigenvalue weighted by molar-refractivity contribution is -0.138. The zero-order valence-corrected chi connectivity index (χ0v) is 6.64. The standard InChI is InChI=1S/C6H12ClNO2/c1-4(3-7)2-5(8)6(9)10/h4-5H,2-3,8H2,1H3,(H,9,10)/t4?,5-/m0/s1. The molecule has 0 aromatic heterocycles. The first-order valence-electron chi connectivity index (χ1n) is 3.12. The molecule has 0 aliphatic heterocycles. The lowest BCUT2D eigenvalue weighted by Gasteiger charge is -2.09. The SMILES string of the molecule is CC(CCl)C[C@H](N)C(=O)O. The molecule has 1 unspecified atom stereocenters. The van der Waals surface area contributed by atoms with Gasteiger partial charge in [0.2, 0.25) is 0 Å². The van der Waals surface area contributed by atoms with Gasteiger partial charge in [-0.05, 0) is 12.3 Å². The summed E-state index contributed by atoms with van der Waals surface area (Å²) in [5, 5.41) is 8.36. The molecule has 0 fully saturated rings. The summed E-state index contributed by atoms with van der Waals surface area (Å²) in [6, 6.07) is -0.770. The second-order valence-corrected chi connectivity index (χ2v) is 2.75. The quantitative estimate of drug-likeness (QED) is 0.602. The number of alkyl halides is 1. The normalized spacial score (nSPS) is 16.3. The fraction of sp³-hybridized carbons (Fsp3) is 0.833. The molecule has 10 heavy (non-hydrogen) atoms. The van der Waals surface area contributed by atoms with Crippen LogP contribution >= 0.6 is 11.6 Å². The second kappa shape index (κ2) is 4.52. The minimum Gasteiger partial charge on any atom is -0.480 e. The van der Waals surface area contributed by atoms with Gasteiger partial charge in [0.15, 0.2) is 0 Å². The highest BCUT2D eigenvalue weighted by molar-refractivity contribution is 6.18. The van der Waals surface area contributed by atoms with Crippen LogP contribution in [0.5, 0.6) is 0 Å². The minimum absolute atomic E-state index is 0.174. The van der Waals surface area contributed by atoms with Crippen molar-refractivity contribution in [1.82, 2.24) is 0 Å². The predicted octanol–water partition coefficient (Wildman–Crippen LogP) is 0.663. The van der Waals surface area contributed by atoms with Gasteiger partial charge in [-0.3, -0.25) is 4.79 Å². The number of nitrogens with two attached hydrogens (primary N) is 1. The summed E-state index contributed by atoms with van der Waals surface area (Å²) in [5.41, 5.74) is 5.23. The van der Waals surface area contributed by atoms with Crippen LogP contribution < -0.4 is 5.73 Å². The Morgan fingerprint density at radius 2 is 2.30 bits per heavy atom. The fourth-order valence-electron chi connectivity index (χ4n) is 0.597. The molecule has 0 bridgehead atoms. The van der Waals surface area contributed by atoms with Gasteiger partial charge in [0, 0.05) is 5.88 Å². The summed E-state index contributed by atoms with van der Waals surface area (Å²) in [6.07, 6.45) is 0.443. The van der Waals surface area contributed by atoms with Gasteiger partial charge in [0.25, 0.3) is 0 Å². The zero-order valence-electron chi connectivity index (χ0n) is 5.88. The fourth-order valence-corrected chi connectivity index (χ4v) is 0.723. The average Bonchev–Trinajstić information content (AvgIpc) is 1.87. The molecular weight excluding hydrogens is 154 g/mol. The summed E-state index contributed by atoms with van der Waals surface area (Å²) >= 11 is 5.45. The van der Waals surface area contributed by atoms with Crippen LogP contribution in [-0.2, 0) is 4.79 Å². The van der Waals surface area contributed by atoms with Gasteiger partial charge >= 0.3 is 5.97 Å². The van der Waals surface area contributed by atoms with Crippen LogP contribution in [-0.4, -0.2) is 23.0 Å². The molecule has 0 radical (unpaired) electrons. The number of halogens is 1. The maximum absolute atomic E-state index is 10.2. The average molecular weight is 166 g/mol. The van der Waals surface area contributed by atoms with E-state index in [1.165, 1.54) is 0 Å². The molecule has 0 aromatic rings. The molecule has 4 heteroatoms. The van der Waals surface area contributed by atoms with Crippen molar-refractivity contribution in [3.63, 3.8) is 0 Å². The van der Waals surface area contributed by atoms with E-state index in [4.69, 9.17) is 22.4 Å². The molecule has 0 rings (SSSR count). The van der Waals surface area contributed by atoms with Gasteiger partial charge < -0.3 is 10.8 Å². The lowest BCUT2D eigenvalue weighted by Crippen LogP contribution is -2.32. The van der Waals surface area contributed by atoms with Gasteiger partial charge in [0.1, 0.15) is 6.04 Å². The molecule has 60 valence electrons. The smallest absolute Gasteiger partial charge is 0.320 e. The molecule has 3 N–H and O–H groups in total. The molecule has 0 heterocycles. The Labute approximate surface area is 65.2 Å².